The number of likely N-dealkylation sites (N-methyl/N-ethyl adjacent to an activating group) is 1. The molecule has 4 rings (SSSR count). The maximum atomic E-state index is 11.8. The summed E-state index contributed by atoms with van der Waals surface area (Å²) in [4.78, 5) is 13.9. The van der Waals surface area contributed by atoms with Gasteiger partial charge in [0.25, 0.3) is 0 Å². The van der Waals surface area contributed by atoms with Crippen LogP contribution in [0.3, 0.4) is 0 Å². The van der Waals surface area contributed by atoms with Gasteiger partial charge >= 0.3 is 6.09 Å². The van der Waals surface area contributed by atoms with Crippen LogP contribution in [0.25, 0.3) is 11.1 Å². The van der Waals surface area contributed by atoms with Crippen molar-refractivity contribution in [2.75, 3.05) is 26.7 Å². The summed E-state index contributed by atoms with van der Waals surface area (Å²) in [6.45, 7) is 9.49. The van der Waals surface area contributed by atoms with E-state index >= 15 is 0 Å². The van der Waals surface area contributed by atoms with Crippen molar-refractivity contribution in [1.29, 1.82) is 0 Å². The van der Waals surface area contributed by atoms with Crippen LogP contribution in [0.2, 0.25) is 0 Å². The fraction of sp³-hybridized carbons (Fsp3) is 0.303. The molecule has 210 valence electrons. The van der Waals surface area contributed by atoms with Gasteiger partial charge in [0.05, 0.1) is 18.8 Å². The third-order valence-corrected chi connectivity index (χ3v) is 6.78. The van der Waals surface area contributed by atoms with E-state index in [1.54, 1.807) is 0 Å². The Labute approximate surface area is 236 Å². The lowest BCUT2D eigenvalue weighted by Gasteiger charge is -2.37. The van der Waals surface area contributed by atoms with Crippen molar-refractivity contribution in [2.45, 2.75) is 38.1 Å². The van der Waals surface area contributed by atoms with Gasteiger partial charge in [0.15, 0.2) is 6.29 Å². The Hall–Kier alpha value is -3.75. The standard InChI is InChI=1S/C33H38N2O5/c1-4-17-35(3)22-30-20-31(27-11-9-24(23-36)10-12-27)40-32(39-30)28-15-13-26(14-16-28)29-8-6-7-25(19-29)21-34-33(37)38-18-5-2/h4-16,19,30-32,36H,1-2,17-18,20-23H2,3H3,(H,34,37)/t30-,31+,32+/m0/s1. The van der Waals surface area contributed by atoms with Crippen LogP contribution in [0, 0.1) is 0 Å². The molecule has 1 amide bonds. The molecule has 40 heavy (non-hydrogen) atoms. The van der Waals surface area contributed by atoms with Gasteiger partial charge in [-0.15, -0.1) is 6.58 Å². The number of nitrogens with zero attached hydrogens (tertiary/aromatic N) is 1. The molecule has 1 heterocycles. The third-order valence-electron chi connectivity index (χ3n) is 6.78. The average Bonchev–Trinajstić information content (AvgIpc) is 2.99. The monoisotopic (exact) mass is 542 g/mol. The average molecular weight is 543 g/mol. The molecular weight excluding hydrogens is 504 g/mol. The summed E-state index contributed by atoms with van der Waals surface area (Å²) in [7, 11) is 2.06. The highest BCUT2D eigenvalue weighted by atomic mass is 16.7. The van der Waals surface area contributed by atoms with Crippen molar-refractivity contribution in [3.63, 3.8) is 0 Å². The van der Waals surface area contributed by atoms with Crippen molar-refractivity contribution in [2.24, 2.45) is 0 Å². The van der Waals surface area contributed by atoms with Crippen LogP contribution in [0.15, 0.2) is 98.1 Å². The summed E-state index contributed by atoms with van der Waals surface area (Å²) in [5, 5.41) is 12.2. The predicted molar refractivity (Wildman–Crippen MR) is 156 cm³/mol. The topological polar surface area (TPSA) is 80.3 Å². The molecule has 0 spiro atoms. The highest BCUT2D eigenvalue weighted by Crippen LogP contribution is 2.38. The molecule has 1 aliphatic heterocycles. The highest BCUT2D eigenvalue weighted by molar-refractivity contribution is 5.68. The van der Waals surface area contributed by atoms with Crippen LogP contribution >= 0.6 is 0 Å². The number of hydrogen-bond donors (Lipinski definition) is 2. The Morgan fingerprint density at radius 2 is 1.75 bits per heavy atom. The van der Waals surface area contributed by atoms with Crippen LogP contribution in [0.1, 0.15) is 41.1 Å². The minimum atomic E-state index is -0.510. The fourth-order valence-corrected chi connectivity index (χ4v) is 4.73. The van der Waals surface area contributed by atoms with Crippen molar-refractivity contribution in [3.8, 4) is 11.1 Å². The largest absolute Gasteiger partial charge is 0.445 e. The van der Waals surface area contributed by atoms with E-state index in [1.165, 1.54) is 6.08 Å². The van der Waals surface area contributed by atoms with Gasteiger partial charge in [-0.05, 0) is 40.9 Å². The van der Waals surface area contributed by atoms with E-state index in [-0.39, 0.29) is 25.4 Å². The molecule has 3 aromatic rings. The smallest absolute Gasteiger partial charge is 0.407 e. The van der Waals surface area contributed by atoms with Crippen molar-refractivity contribution >= 4 is 6.09 Å². The number of nitrogens with one attached hydrogen (secondary N) is 1. The van der Waals surface area contributed by atoms with Crippen LogP contribution in [0.4, 0.5) is 4.79 Å². The van der Waals surface area contributed by atoms with E-state index in [4.69, 9.17) is 14.2 Å². The lowest BCUT2D eigenvalue weighted by molar-refractivity contribution is -0.252. The quantitative estimate of drug-likeness (QED) is 0.277. The lowest BCUT2D eigenvalue weighted by atomic mass is 9.99. The number of carbonyl (C=O) groups excluding carboxylic acids is 1. The second kappa shape index (κ2) is 14.6. The molecule has 2 N–H and O–H groups in total. The van der Waals surface area contributed by atoms with E-state index in [0.29, 0.717) is 6.54 Å². The third kappa shape index (κ3) is 8.13. The molecule has 0 radical (unpaired) electrons. The highest BCUT2D eigenvalue weighted by Gasteiger charge is 2.32. The molecule has 1 saturated heterocycles. The summed E-state index contributed by atoms with van der Waals surface area (Å²) in [6.07, 6.45) is 3.02. The zero-order valence-electron chi connectivity index (χ0n) is 23.0. The SMILES string of the molecule is C=CCOC(=O)NCc1cccc(-c2ccc([C@@H]3O[C@H](CN(C)CC=C)C[C@H](c4ccc(CO)cc4)O3)cc2)c1. The zero-order chi connectivity index (χ0) is 28.3. The van der Waals surface area contributed by atoms with Crippen molar-refractivity contribution in [1.82, 2.24) is 10.2 Å². The van der Waals surface area contributed by atoms with Crippen molar-refractivity contribution < 1.29 is 24.1 Å². The molecule has 7 heteroatoms. The molecule has 7 nitrogen and oxygen atoms in total. The minimum absolute atomic E-state index is 0.0144. The Bertz CT molecular complexity index is 1260. The van der Waals surface area contributed by atoms with E-state index < -0.39 is 12.4 Å². The summed E-state index contributed by atoms with van der Waals surface area (Å²) >= 11 is 0. The van der Waals surface area contributed by atoms with Crippen LogP contribution < -0.4 is 5.32 Å². The number of rotatable bonds is 12. The van der Waals surface area contributed by atoms with E-state index in [1.807, 2.05) is 66.7 Å². The molecule has 0 unspecified atom stereocenters. The molecule has 1 aliphatic rings. The van der Waals surface area contributed by atoms with Gasteiger partial charge in [0.1, 0.15) is 6.61 Å². The molecule has 3 aromatic carbocycles. The normalized spacial score (nSPS) is 18.7. The number of benzene rings is 3. The van der Waals surface area contributed by atoms with E-state index in [0.717, 1.165) is 52.9 Å². The second-order valence-corrected chi connectivity index (χ2v) is 9.92. The molecule has 0 saturated carbocycles. The molecule has 3 atom stereocenters. The van der Waals surface area contributed by atoms with Crippen LogP contribution in [-0.4, -0.2) is 48.9 Å². The fourth-order valence-electron chi connectivity index (χ4n) is 4.73. The van der Waals surface area contributed by atoms with Gasteiger partial charge in [-0.2, -0.15) is 0 Å². The number of ether oxygens (including phenoxy) is 3. The molecule has 1 fully saturated rings. The maximum absolute atomic E-state index is 11.8. The Kier molecular flexibility index (Phi) is 10.7. The van der Waals surface area contributed by atoms with Crippen molar-refractivity contribution in [3.05, 3.63) is 120 Å². The Morgan fingerprint density at radius 3 is 2.45 bits per heavy atom. The van der Waals surface area contributed by atoms with Gasteiger partial charge in [-0.3, -0.25) is 0 Å². The summed E-state index contributed by atoms with van der Waals surface area (Å²) < 4.78 is 17.9. The van der Waals surface area contributed by atoms with Crippen LogP contribution in [0.5, 0.6) is 0 Å². The summed E-state index contributed by atoms with van der Waals surface area (Å²) in [6, 6.07) is 24.1. The molecule has 0 bridgehead atoms. The predicted octanol–water partition coefficient (Wildman–Crippen LogP) is 5.92. The van der Waals surface area contributed by atoms with Gasteiger partial charge < -0.3 is 29.5 Å². The first-order chi connectivity index (χ1) is 19.5. The first-order valence-corrected chi connectivity index (χ1v) is 13.5. The summed E-state index contributed by atoms with van der Waals surface area (Å²) in [5.41, 5.74) is 5.95. The minimum Gasteiger partial charge on any atom is -0.445 e. The van der Waals surface area contributed by atoms with Gasteiger partial charge in [-0.1, -0.05) is 85.5 Å². The summed E-state index contributed by atoms with van der Waals surface area (Å²) in [5.74, 6) is 0. The van der Waals surface area contributed by atoms with E-state index in [9.17, 15) is 9.90 Å². The second-order valence-electron chi connectivity index (χ2n) is 9.92. The number of aliphatic hydroxyl groups is 1. The Morgan fingerprint density at radius 1 is 1.00 bits per heavy atom. The first kappa shape index (κ1) is 29.2. The maximum Gasteiger partial charge on any atom is 0.407 e. The zero-order valence-corrected chi connectivity index (χ0v) is 23.0. The van der Waals surface area contributed by atoms with E-state index in [2.05, 4.69) is 42.6 Å². The number of carbonyl (C=O) groups is 1. The molecular formula is C33H38N2O5. The lowest BCUT2D eigenvalue weighted by Crippen LogP contribution is -2.37. The number of amides is 1. The first-order valence-electron chi connectivity index (χ1n) is 13.5. The number of hydrogen-bond acceptors (Lipinski definition) is 6. The molecule has 0 aliphatic carbocycles. The van der Waals surface area contributed by atoms with Gasteiger partial charge in [-0.25, -0.2) is 4.79 Å². The van der Waals surface area contributed by atoms with Crippen LogP contribution in [-0.2, 0) is 27.4 Å². The Balaban J connectivity index is 1.48. The van der Waals surface area contributed by atoms with Gasteiger partial charge in [0.2, 0.25) is 0 Å². The number of alkyl carbamates (subject to hydrolysis) is 1. The molecule has 0 aromatic heterocycles. The van der Waals surface area contributed by atoms with Gasteiger partial charge in [0, 0.05) is 31.6 Å². The number of aliphatic hydroxyl groups excluding tert-OH is 1.